The molecule has 1 N–H and O–H groups in total. The minimum absolute atomic E-state index is 0.264. The second-order valence-electron chi connectivity index (χ2n) is 5.35. The number of carbonyl (C=O) groups is 1. The summed E-state index contributed by atoms with van der Waals surface area (Å²) in [7, 11) is 2.06. The molecule has 4 heteroatoms. The zero-order chi connectivity index (χ0) is 11.7. The van der Waals surface area contributed by atoms with E-state index >= 15 is 0 Å². The maximum Gasteiger partial charge on any atom is 0.307 e. The molecule has 2 atom stereocenters. The number of hydrogen-bond acceptors (Lipinski definition) is 3. The van der Waals surface area contributed by atoms with Crippen LogP contribution < -0.4 is 0 Å². The Morgan fingerprint density at radius 1 is 1.50 bits per heavy atom. The first-order chi connectivity index (χ1) is 7.58. The van der Waals surface area contributed by atoms with Crippen LogP contribution in [0.15, 0.2) is 0 Å². The Labute approximate surface area is 97.2 Å². The molecule has 0 aromatic heterocycles. The molecule has 0 aromatic carbocycles. The van der Waals surface area contributed by atoms with Gasteiger partial charge >= 0.3 is 5.97 Å². The van der Waals surface area contributed by atoms with E-state index in [9.17, 15) is 4.79 Å². The van der Waals surface area contributed by atoms with Gasteiger partial charge in [-0.05, 0) is 26.3 Å². The van der Waals surface area contributed by atoms with Crippen molar-refractivity contribution in [2.24, 2.45) is 5.92 Å². The van der Waals surface area contributed by atoms with Crippen molar-refractivity contribution in [3.63, 3.8) is 0 Å². The largest absolute Gasteiger partial charge is 0.481 e. The summed E-state index contributed by atoms with van der Waals surface area (Å²) >= 11 is 0. The maximum atomic E-state index is 10.8. The summed E-state index contributed by atoms with van der Waals surface area (Å²) in [6.07, 6.45) is 3.92. The molecule has 1 saturated heterocycles. The predicted molar refractivity (Wildman–Crippen MR) is 62.4 cm³/mol. The van der Waals surface area contributed by atoms with E-state index in [-0.39, 0.29) is 5.92 Å². The van der Waals surface area contributed by atoms with E-state index in [1.165, 1.54) is 25.8 Å². The summed E-state index contributed by atoms with van der Waals surface area (Å²) in [5.41, 5.74) is 0. The molecule has 0 aromatic rings. The van der Waals surface area contributed by atoms with E-state index in [0.717, 1.165) is 12.6 Å². The smallest absolute Gasteiger partial charge is 0.307 e. The van der Waals surface area contributed by atoms with E-state index in [1.54, 1.807) is 6.92 Å². The van der Waals surface area contributed by atoms with Crippen LogP contribution >= 0.6 is 0 Å². The summed E-state index contributed by atoms with van der Waals surface area (Å²) in [4.78, 5) is 15.6. The summed E-state index contributed by atoms with van der Waals surface area (Å²) in [6, 6.07) is 1.40. The number of aliphatic carboxylic acids is 1. The molecule has 1 heterocycles. The average Bonchev–Trinajstić information content (AvgIpc) is 2.96. The Bertz CT molecular complexity index is 266. The number of likely N-dealkylation sites (tertiary alicyclic amines) is 1. The Morgan fingerprint density at radius 3 is 2.75 bits per heavy atom. The van der Waals surface area contributed by atoms with Gasteiger partial charge in [0.15, 0.2) is 0 Å². The minimum Gasteiger partial charge on any atom is -0.481 e. The second-order valence-corrected chi connectivity index (χ2v) is 5.35. The highest BCUT2D eigenvalue weighted by molar-refractivity contribution is 5.69. The average molecular weight is 226 g/mol. The lowest BCUT2D eigenvalue weighted by atomic mass is 10.1. The van der Waals surface area contributed by atoms with E-state index in [2.05, 4.69) is 16.8 Å². The SMILES string of the molecule is CC(CN(C)C1CCN(C2CC2)C1)C(=O)O. The summed E-state index contributed by atoms with van der Waals surface area (Å²) in [5.74, 6) is -0.955. The molecule has 1 aliphatic heterocycles. The molecule has 2 aliphatic rings. The third kappa shape index (κ3) is 2.74. The molecule has 2 fully saturated rings. The zero-order valence-corrected chi connectivity index (χ0v) is 10.2. The van der Waals surface area contributed by atoms with Gasteiger partial charge in [-0.1, -0.05) is 6.92 Å². The Hall–Kier alpha value is -0.610. The molecule has 0 amide bonds. The fraction of sp³-hybridized carbons (Fsp3) is 0.917. The van der Waals surface area contributed by atoms with Gasteiger partial charge in [0.2, 0.25) is 0 Å². The fourth-order valence-corrected chi connectivity index (χ4v) is 2.56. The van der Waals surface area contributed by atoms with E-state index in [0.29, 0.717) is 12.6 Å². The van der Waals surface area contributed by atoms with Crippen molar-refractivity contribution in [1.82, 2.24) is 9.80 Å². The van der Waals surface area contributed by atoms with Gasteiger partial charge in [0, 0.05) is 31.7 Å². The van der Waals surface area contributed by atoms with Crippen molar-refractivity contribution >= 4 is 5.97 Å². The molecule has 2 unspecified atom stereocenters. The molecular formula is C12H22N2O2. The monoisotopic (exact) mass is 226 g/mol. The van der Waals surface area contributed by atoms with Crippen molar-refractivity contribution in [1.29, 1.82) is 0 Å². The van der Waals surface area contributed by atoms with E-state index in [4.69, 9.17) is 5.11 Å². The standard InChI is InChI=1S/C12H22N2O2/c1-9(12(15)16)7-13(2)11-5-6-14(8-11)10-3-4-10/h9-11H,3-8H2,1-2H3,(H,15,16). The second kappa shape index (κ2) is 4.72. The first-order valence-electron chi connectivity index (χ1n) is 6.25. The lowest BCUT2D eigenvalue weighted by Gasteiger charge is -2.26. The van der Waals surface area contributed by atoms with Gasteiger partial charge < -0.3 is 10.0 Å². The molecule has 16 heavy (non-hydrogen) atoms. The molecule has 1 aliphatic carbocycles. The third-order valence-electron chi connectivity index (χ3n) is 3.86. The molecule has 1 saturated carbocycles. The van der Waals surface area contributed by atoms with E-state index < -0.39 is 5.97 Å². The maximum absolute atomic E-state index is 10.8. The van der Waals surface area contributed by atoms with Gasteiger partial charge in [-0.15, -0.1) is 0 Å². The molecule has 2 rings (SSSR count). The van der Waals surface area contributed by atoms with Crippen molar-refractivity contribution in [3.05, 3.63) is 0 Å². The van der Waals surface area contributed by atoms with Crippen molar-refractivity contribution in [2.45, 2.75) is 38.3 Å². The zero-order valence-electron chi connectivity index (χ0n) is 10.2. The van der Waals surface area contributed by atoms with Crippen LogP contribution in [0.25, 0.3) is 0 Å². The van der Waals surface area contributed by atoms with Crippen LogP contribution in [0.5, 0.6) is 0 Å². The minimum atomic E-state index is -0.691. The molecule has 0 bridgehead atoms. The van der Waals surface area contributed by atoms with Gasteiger partial charge in [0.05, 0.1) is 5.92 Å². The first-order valence-corrected chi connectivity index (χ1v) is 6.25. The number of likely N-dealkylation sites (N-methyl/N-ethyl adjacent to an activating group) is 1. The van der Waals surface area contributed by atoms with Gasteiger partial charge in [-0.2, -0.15) is 0 Å². The number of hydrogen-bond donors (Lipinski definition) is 1. The highest BCUT2D eigenvalue weighted by Gasteiger charge is 2.35. The quantitative estimate of drug-likeness (QED) is 0.755. The predicted octanol–water partition coefficient (Wildman–Crippen LogP) is 0.876. The van der Waals surface area contributed by atoms with Crippen molar-refractivity contribution in [3.8, 4) is 0 Å². The molecule has 4 nitrogen and oxygen atoms in total. The number of carboxylic acid groups (broad SMARTS) is 1. The van der Waals surface area contributed by atoms with Crippen LogP contribution in [0.2, 0.25) is 0 Å². The lowest BCUT2D eigenvalue weighted by Crippen LogP contribution is -2.39. The van der Waals surface area contributed by atoms with Crippen molar-refractivity contribution < 1.29 is 9.90 Å². The normalized spacial score (nSPS) is 28.6. The van der Waals surface area contributed by atoms with Crippen LogP contribution in [0.1, 0.15) is 26.2 Å². The third-order valence-corrected chi connectivity index (χ3v) is 3.86. The van der Waals surface area contributed by atoms with E-state index in [1.807, 2.05) is 0 Å². The van der Waals surface area contributed by atoms with Gasteiger partial charge in [0.1, 0.15) is 0 Å². The summed E-state index contributed by atoms with van der Waals surface area (Å²) in [6.45, 7) is 4.78. The Morgan fingerprint density at radius 2 is 2.19 bits per heavy atom. The number of rotatable bonds is 5. The Balaban J connectivity index is 1.77. The van der Waals surface area contributed by atoms with Crippen LogP contribution in [0.3, 0.4) is 0 Å². The van der Waals surface area contributed by atoms with Gasteiger partial charge in [-0.25, -0.2) is 0 Å². The van der Waals surface area contributed by atoms with Crippen molar-refractivity contribution in [2.75, 3.05) is 26.7 Å². The van der Waals surface area contributed by atoms with Crippen LogP contribution in [-0.4, -0.2) is 59.6 Å². The highest BCUT2D eigenvalue weighted by atomic mass is 16.4. The summed E-state index contributed by atoms with van der Waals surface area (Å²) < 4.78 is 0. The van der Waals surface area contributed by atoms with Crippen LogP contribution in [0, 0.1) is 5.92 Å². The van der Waals surface area contributed by atoms with Crippen LogP contribution in [-0.2, 0) is 4.79 Å². The molecule has 92 valence electrons. The fourth-order valence-electron chi connectivity index (χ4n) is 2.56. The Kier molecular flexibility index (Phi) is 3.50. The lowest BCUT2D eigenvalue weighted by molar-refractivity contribution is -0.141. The summed E-state index contributed by atoms with van der Waals surface area (Å²) in [5, 5.41) is 8.89. The number of nitrogens with zero attached hydrogens (tertiary/aromatic N) is 2. The topological polar surface area (TPSA) is 43.8 Å². The van der Waals surface area contributed by atoms with Crippen LogP contribution in [0.4, 0.5) is 0 Å². The molecule has 0 spiro atoms. The van der Waals surface area contributed by atoms with Gasteiger partial charge in [-0.3, -0.25) is 9.69 Å². The van der Waals surface area contributed by atoms with Gasteiger partial charge in [0.25, 0.3) is 0 Å². The molecule has 0 radical (unpaired) electrons. The molecular weight excluding hydrogens is 204 g/mol. The highest BCUT2D eigenvalue weighted by Crippen LogP contribution is 2.30. The first kappa shape index (κ1) is 11.9. The number of carboxylic acids is 1.